The van der Waals surface area contributed by atoms with Gasteiger partial charge in [0, 0.05) is 17.1 Å². The number of hydrazone groups is 1. The summed E-state index contributed by atoms with van der Waals surface area (Å²) in [6.45, 7) is 4.00. The molecule has 0 aliphatic carbocycles. The maximum atomic E-state index is 5.25. The molecule has 0 saturated carbocycles. The number of methoxy groups -OCH3 is 1. The van der Waals surface area contributed by atoms with Crippen molar-refractivity contribution in [2.75, 3.05) is 12.5 Å². The Bertz CT molecular complexity index is 874. The van der Waals surface area contributed by atoms with E-state index in [0.29, 0.717) is 5.82 Å². The Kier molecular flexibility index (Phi) is 4.19. The quantitative estimate of drug-likeness (QED) is 0.590. The van der Waals surface area contributed by atoms with Crippen molar-refractivity contribution in [3.8, 4) is 5.75 Å². The lowest BCUT2D eigenvalue weighted by Crippen LogP contribution is -1.97. The summed E-state index contributed by atoms with van der Waals surface area (Å²) in [4.78, 5) is 8.94. The molecule has 0 atom stereocenters. The molecule has 0 fully saturated rings. The number of aryl methyl sites for hydroxylation is 2. The average Bonchev–Trinajstić information content (AvgIpc) is 2.54. The summed E-state index contributed by atoms with van der Waals surface area (Å²) >= 11 is 0. The zero-order valence-electron chi connectivity index (χ0n) is 13.4. The maximum absolute atomic E-state index is 5.25. The van der Waals surface area contributed by atoms with Crippen molar-refractivity contribution in [1.29, 1.82) is 0 Å². The molecule has 0 saturated heterocycles. The normalized spacial score (nSPS) is 11.1. The lowest BCUT2D eigenvalue weighted by molar-refractivity contribution is 0.415. The molecule has 116 valence electrons. The molecule has 0 spiro atoms. The Labute approximate surface area is 135 Å². The van der Waals surface area contributed by atoms with Crippen molar-refractivity contribution >= 4 is 22.9 Å². The third-order valence-electron chi connectivity index (χ3n) is 3.51. The van der Waals surface area contributed by atoms with Crippen LogP contribution in [0.5, 0.6) is 5.75 Å². The summed E-state index contributed by atoms with van der Waals surface area (Å²) in [6.07, 6.45) is 1.68. The zero-order valence-corrected chi connectivity index (χ0v) is 13.4. The van der Waals surface area contributed by atoms with E-state index in [4.69, 9.17) is 4.74 Å². The number of aromatic nitrogens is 2. The molecule has 0 bridgehead atoms. The van der Waals surface area contributed by atoms with Crippen LogP contribution in [0.15, 0.2) is 47.6 Å². The number of rotatable bonds is 4. The lowest BCUT2D eigenvalue weighted by Gasteiger charge is -2.07. The fourth-order valence-corrected chi connectivity index (χ4v) is 2.37. The first-order valence-corrected chi connectivity index (χ1v) is 7.34. The van der Waals surface area contributed by atoms with Crippen LogP contribution >= 0.6 is 0 Å². The molecule has 0 aliphatic rings. The van der Waals surface area contributed by atoms with E-state index in [1.165, 1.54) is 0 Å². The maximum Gasteiger partial charge on any atom is 0.147 e. The predicted octanol–water partition coefficient (Wildman–Crippen LogP) is 3.70. The van der Waals surface area contributed by atoms with E-state index in [0.717, 1.165) is 33.6 Å². The van der Waals surface area contributed by atoms with Crippen molar-refractivity contribution in [1.82, 2.24) is 9.97 Å². The van der Waals surface area contributed by atoms with E-state index in [9.17, 15) is 0 Å². The molecule has 0 radical (unpaired) electrons. The molecule has 23 heavy (non-hydrogen) atoms. The van der Waals surface area contributed by atoms with Crippen molar-refractivity contribution < 1.29 is 4.74 Å². The third kappa shape index (κ3) is 3.45. The molecule has 1 aromatic carbocycles. The third-order valence-corrected chi connectivity index (χ3v) is 3.51. The van der Waals surface area contributed by atoms with Crippen molar-refractivity contribution in [2.24, 2.45) is 5.10 Å². The largest absolute Gasteiger partial charge is 0.497 e. The van der Waals surface area contributed by atoms with E-state index >= 15 is 0 Å². The van der Waals surface area contributed by atoms with Gasteiger partial charge in [-0.25, -0.2) is 4.98 Å². The first kappa shape index (κ1) is 15.0. The second-order valence-electron chi connectivity index (χ2n) is 5.28. The van der Waals surface area contributed by atoms with E-state index in [1.807, 2.05) is 56.3 Å². The fourth-order valence-electron chi connectivity index (χ4n) is 2.37. The standard InChI is InChI=1S/C18H18N4O/c1-12-9-18(21-17-10-15(23-3)7-8-16(12)17)22-19-11-14-6-4-5-13(2)20-14/h4-11H,1-3H3,(H,21,22). The van der Waals surface area contributed by atoms with Gasteiger partial charge in [-0.15, -0.1) is 0 Å². The minimum atomic E-state index is 0.687. The number of pyridine rings is 2. The molecule has 0 amide bonds. The second-order valence-corrected chi connectivity index (χ2v) is 5.28. The Morgan fingerprint density at radius 2 is 1.96 bits per heavy atom. The van der Waals surface area contributed by atoms with Crippen LogP contribution in [-0.4, -0.2) is 23.3 Å². The van der Waals surface area contributed by atoms with Crippen molar-refractivity contribution in [3.63, 3.8) is 0 Å². The number of nitrogens with zero attached hydrogens (tertiary/aromatic N) is 3. The number of hydrogen-bond donors (Lipinski definition) is 1. The molecule has 0 aliphatic heterocycles. The number of hydrogen-bond acceptors (Lipinski definition) is 5. The number of nitrogens with one attached hydrogen (secondary N) is 1. The van der Waals surface area contributed by atoms with Gasteiger partial charge in [0.25, 0.3) is 0 Å². The van der Waals surface area contributed by atoms with Crippen LogP contribution in [0.2, 0.25) is 0 Å². The van der Waals surface area contributed by atoms with Crippen LogP contribution in [0.3, 0.4) is 0 Å². The van der Waals surface area contributed by atoms with Gasteiger partial charge in [0.1, 0.15) is 11.6 Å². The van der Waals surface area contributed by atoms with E-state index in [1.54, 1.807) is 13.3 Å². The van der Waals surface area contributed by atoms with Gasteiger partial charge in [0.15, 0.2) is 0 Å². The van der Waals surface area contributed by atoms with Gasteiger partial charge in [0.2, 0.25) is 0 Å². The molecule has 5 heteroatoms. The lowest BCUT2D eigenvalue weighted by atomic mass is 10.1. The molecule has 5 nitrogen and oxygen atoms in total. The smallest absolute Gasteiger partial charge is 0.147 e. The monoisotopic (exact) mass is 306 g/mol. The van der Waals surface area contributed by atoms with Gasteiger partial charge >= 0.3 is 0 Å². The number of benzene rings is 1. The van der Waals surface area contributed by atoms with Crippen LogP contribution in [0.1, 0.15) is 17.0 Å². The molecular weight excluding hydrogens is 288 g/mol. The van der Waals surface area contributed by atoms with Crippen molar-refractivity contribution in [2.45, 2.75) is 13.8 Å². The summed E-state index contributed by atoms with van der Waals surface area (Å²) in [5.74, 6) is 1.47. The highest BCUT2D eigenvalue weighted by Crippen LogP contribution is 2.24. The van der Waals surface area contributed by atoms with E-state index < -0.39 is 0 Å². The predicted molar refractivity (Wildman–Crippen MR) is 93.2 cm³/mol. The van der Waals surface area contributed by atoms with Crippen LogP contribution in [0.4, 0.5) is 5.82 Å². The molecular formula is C18H18N4O. The molecule has 0 unspecified atom stereocenters. The van der Waals surface area contributed by atoms with Crippen LogP contribution in [0, 0.1) is 13.8 Å². The summed E-state index contributed by atoms with van der Waals surface area (Å²) in [6, 6.07) is 13.6. The summed E-state index contributed by atoms with van der Waals surface area (Å²) in [5.41, 5.74) is 6.72. The Morgan fingerprint density at radius 1 is 1.09 bits per heavy atom. The molecule has 2 aromatic heterocycles. The van der Waals surface area contributed by atoms with Crippen LogP contribution in [0.25, 0.3) is 10.9 Å². The van der Waals surface area contributed by atoms with Gasteiger partial charge in [-0.1, -0.05) is 6.07 Å². The first-order chi connectivity index (χ1) is 11.2. The molecule has 2 heterocycles. The van der Waals surface area contributed by atoms with Crippen LogP contribution < -0.4 is 10.2 Å². The Morgan fingerprint density at radius 3 is 2.74 bits per heavy atom. The van der Waals surface area contributed by atoms with Gasteiger partial charge in [-0.2, -0.15) is 5.10 Å². The van der Waals surface area contributed by atoms with Gasteiger partial charge in [-0.05, 0) is 49.7 Å². The van der Waals surface area contributed by atoms with Gasteiger partial charge < -0.3 is 4.74 Å². The summed E-state index contributed by atoms with van der Waals surface area (Å²) in [7, 11) is 1.65. The molecule has 3 aromatic rings. The number of anilines is 1. The van der Waals surface area contributed by atoms with E-state index in [-0.39, 0.29) is 0 Å². The van der Waals surface area contributed by atoms with Gasteiger partial charge in [0.05, 0.1) is 24.5 Å². The number of fused-ring (bicyclic) bond motifs is 1. The van der Waals surface area contributed by atoms with Crippen molar-refractivity contribution in [3.05, 3.63) is 59.4 Å². The second kappa shape index (κ2) is 6.44. The number of ether oxygens (including phenoxy) is 1. The highest BCUT2D eigenvalue weighted by atomic mass is 16.5. The average molecular weight is 306 g/mol. The Balaban J connectivity index is 1.85. The SMILES string of the molecule is COc1ccc2c(C)cc(NN=Cc3cccc(C)n3)nc2c1. The van der Waals surface area contributed by atoms with E-state index in [2.05, 4.69) is 20.5 Å². The first-order valence-electron chi connectivity index (χ1n) is 7.34. The van der Waals surface area contributed by atoms with Crippen LogP contribution in [-0.2, 0) is 0 Å². The molecule has 1 N–H and O–H groups in total. The summed E-state index contributed by atoms with van der Waals surface area (Å²) in [5, 5.41) is 5.31. The van der Waals surface area contributed by atoms with Gasteiger partial charge in [-0.3, -0.25) is 10.4 Å². The minimum absolute atomic E-state index is 0.687. The fraction of sp³-hybridized carbons (Fsp3) is 0.167. The zero-order chi connectivity index (χ0) is 16.2. The topological polar surface area (TPSA) is 59.4 Å². The molecule has 3 rings (SSSR count). The summed E-state index contributed by atoms with van der Waals surface area (Å²) < 4.78 is 5.25. The minimum Gasteiger partial charge on any atom is -0.497 e. The Hall–Kier alpha value is -2.95. The highest BCUT2D eigenvalue weighted by Gasteiger charge is 2.04. The highest BCUT2D eigenvalue weighted by molar-refractivity contribution is 5.85.